The highest BCUT2D eigenvalue weighted by molar-refractivity contribution is 5.85. The molecule has 1 heterocycles. The smallest absolute Gasteiger partial charge is 0.329 e. The van der Waals surface area contributed by atoms with E-state index in [0.717, 1.165) is 5.56 Å². The summed E-state index contributed by atoms with van der Waals surface area (Å²) in [7, 11) is 0. The second-order valence-corrected chi connectivity index (χ2v) is 5.15. The maximum Gasteiger partial charge on any atom is 0.329 e. The Labute approximate surface area is 126 Å². The van der Waals surface area contributed by atoms with Gasteiger partial charge in [0.25, 0.3) is 0 Å². The van der Waals surface area contributed by atoms with Crippen molar-refractivity contribution in [3.63, 3.8) is 0 Å². The summed E-state index contributed by atoms with van der Waals surface area (Å²) >= 11 is 0. The third-order valence-corrected chi connectivity index (χ3v) is 3.54. The molecule has 0 fully saturated rings. The number of ether oxygens (including phenoxy) is 1. The van der Waals surface area contributed by atoms with Gasteiger partial charge in [0, 0.05) is 24.6 Å². The third kappa shape index (κ3) is 3.50. The molecule has 1 aliphatic rings. The molecule has 0 amide bonds. The Morgan fingerprint density at radius 1 is 1.19 bits per heavy atom. The maximum atomic E-state index is 12.4. The van der Waals surface area contributed by atoms with Crippen LogP contribution < -0.4 is 0 Å². The number of rotatable bonds is 6. The first-order chi connectivity index (χ1) is 10.2. The van der Waals surface area contributed by atoms with Crippen LogP contribution in [0.3, 0.4) is 0 Å². The lowest BCUT2D eigenvalue weighted by molar-refractivity contribution is -0.145. The molecule has 3 nitrogen and oxygen atoms in total. The van der Waals surface area contributed by atoms with Gasteiger partial charge >= 0.3 is 5.97 Å². The summed E-state index contributed by atoms with van der Waals surface area (Å²) in [6, 6.07) is 9.39. The summed E-state index contributed by atoms with van der Waals surface area (Å²) in [6.07, 6.45) is 5.60. The lowest BCUT2D eigenvalue weighted by Crippen LogP contribution is -2.47. The number of esters is 1. The molecule has 0 aromatic heterocycles. The van der Waals surface area contributed by atoms with Crippen molar-refractivity contribution in [3.8, 4) is 0 Å². The summed E-state index contributed by atoms with van der Waals surface area (Å²) in [5, 5.41) is 0. The first-order valence-corrected chi connectivity index (χ1v) is 7.12. The van der Waals surface area contributed by atoms with Crippen LogP contribution in [0.25, 0.3) is 5.76 Å². The van der Waals surface area contributed by atoms with E-state index >= 15 is 0 Å². The highest BCUT2D eigenvalue weighted by Crippen LogP contribution is 2.28. The molecule has 2 rings (SSSR count). The molecule has 110 valence electrons. The summed E-state index contributed by atoms with van der Waals surface area (Å²) in [6.45, 7) is 10.8. The predicted molar refractivity (Wildman–Crippen MR) is 85.4 cm³/mol. The van der Waals surface area contributed by atoms with Gasteiger partial charge in [-0.05, 0) is 6.08 Å². The average molecular weight is 283 g/mol. The molecule has 0 saturated heterocycles. The normalized spacial score (nSPS) is 21.6. The van der Waals surface area contributed by atoms with E-state index in [1.807, 2.05) is 48.2 Å². The average Bonchev–Trinajstić information content (AvgIpc) is 2.48. The van der Waals surface area contributed by atoms with Gasteiger partial charge in [0.2, 0.25) is 0 Å². The van der Waals surface area contributed by atoms with Gasteiger partial charge in [0.1, 0.15) is 11.8 Å². The van der Waals surface area contributed by atoms with Gasteiger partial charge < -0.3 is 4.74 Å². The molecule has 0 spiro atoms. The molecule has 3 heteroatoms. The fraction of sp³-hybridized carbons (Fsp3) is 0.278. The van der Waals surface area contributed by atoms with Crippen molar-refractivity contribution >= 4 is 11.7 Å². The van der Waals surface area contributed by atoms with Gasteiger partial charge in [-0.15, -0.1) is 13.2 Å². The number of nitrogens with zero attached hydrogens (tertiary/aromatic N) is 1. The van der Waals surface area contributed by atoms with E-state index < -0.39 is 0 Å². The molecule has 21 heavy (non-hydrogen) atoms. The lowest BCUT2D eigenvalue weighted by atomic mass is 9.95. The predicted octanol–water partition coefficient (Wildman–Crippen LogP) is 3.26. The topological polar surface area (TPSA) is 29.5 Å². The van der Waals surface area contributed by atoms with E-state index in [0.29, 0.717) is 18.8 Å². The maximum absolute atomic E-state index is 12.4. The van der Waals surface area contributed by atoms with E-state index in [1.54, 1.807) is 12.2 Å². The van der Waals surface area contributed by atoms with Crippen molar-refractivity contribution in [2.75, 3.05) is 13.1 Å². The van der Waals surface area contributed by atoms with Crippen LogP contribution in [0.1, 0.15) is 12.5 Å². The SMILES string of the molecule is C=CCN(CC=C)[C@H]1C(=O)OC(c2ccccc2)=C[C@@H]1C. The number of cyclic esters (lactones) is 1. The molecule has 0 aliphatic carbocycles. The first-order valence-electron chi connectivity index (χ1n) is 7.12. The van der Waals surface area contributed by atoms with Crippen LogP contribution >= 0.6 is 0 Å². The minimum Gasteiger partial charge on any atom is -0.425 e. The Kier molecular flexibility index (Phi) is 5.12. The molecule has 1 aliphatic heterocycles. The molecule has 2 atom stereocenters. The monoisotopic (exact) mass is 283 g/mol. The van der Waals surface area contributed by atoms with Crippen LogP contribution in [-0.4, -0.2) is 30.0 Å². The highest BCUT2D eigenvalue weighted by atomic mass is 16.5. The van der Waals surface area contributed by atoms with Gasteiger partial charge in [0.05, 0.1) is 0 Å². The van der Waals surface area contributed by atoms with Crippen molar-refractivity contribution < 1.29 is 9.53 Å². The molecule has 0 N–H and O–H groups in total. The number of carbonyl (C=O) groups is 1. The highest BCUT2D eigenvalue weighted by Gasteiger charge is 2.35. The van der Waals surface area contributed by atoms with Gasteiger partial charge in [-0.25, -0.2) is 4.79 Å². The zero-order valence-corrected chi connectivity index (χ0v) is 12.4. The Balaban J connectivity index is 2.25. The van der Waals surface area contributed by atoms with Gasteiger partial charge in [-0.2, -0.15) is 0 Å². The zero-order valence-electron chi connectivity index (χ0n) is 12.4. The lowest BCUT2D eigenvalue weighted by Gasteiger charge is -2.34. The molecule has 0 saturated carbocycles. The first kappa shape index (κ1) is 15.3. The fourth-order valence-electron chi connectivity index (χ4n) is 2.62. The number of hydrogen-bond acceptors (Lipinski definition) is 3. The van der Waals surface area contributed by atoms with Crippen molar-refractivity contribution in [1.29, 1.82) is 0 Å². The number of carbonyl (C=O) groups excluding carboxylic acids is 1. The van der Waals surface area contributed by atoms with Crippen molar-refractivity contribution in [2.24, 2.45) is 5.92 Å². The Morgan fingerprint density at radius 3 is 2.33 bits per heavy atom. The molecule has 1 aromatic carbocycles. The van der Waals surface area contributed by atoms with E-state index in [4.69, 9.17) is 4.74 Å². The van der Waals surface area contributed by atoms with Crippen molar-refractivity contribution in [1.82, 2.24) is 4.90 Å². The van der Waals surface area contributed by atoms with Gasteiger partial charge in [-0.1, -0.05) is 49.4 Å². The largest absolute Gasteiger partial charge is 0.425 e. The van der Waals surface area contributed by atoms with Crippen LogP contribution in [0.2, 0.25) is 0 Å². The zero-order chi connectivity index (χ0) is 15.2. The van der Waals surface area contributed by atoms with Crippen molar-refractivity contribution in [2.45, 2.75) is 13.0 Å². The molecule has 1 aromatic rings. The van der Waals surface area contributed by atoms with E-state index in [1.165, 1.54) is 0 Å². The number of hydrogen-bond donors (Lipinski definition) is 0. The quantitative estimate of drug-likeness (QED) is 0.593. The second-order valence-electron chi connectivity index (χ2n) is 5.15. The molecule has 0 radical (unpaired) electrons. The summed E-state index contributed by atoms with van der Waals surface area (Å²) < 4.78 is 5.54. The van der Waals surface area contributed by atoms with Crippen molar-refractivity contribution in [3.05, 3.63) is 67.3 Å². The number of benzene rings is 1. The molecular weight excluding hydrogens is 262 g/mol. The van der Waals surface area contributed by atoms with Gasteiger partial charge in [0.15, 0.2) is 0 Å². The van der Waals surface area contributed by atoms with E-state index in [-0.39, 0.29) is 17.9 Å². The van der Waals surface area contributed by atoms with E-state index in [9.17, 15) is 4.79 Å². The molecule has 0 bridgehead atoms. The van der Waals surface area contributed by atoms with Crippen LogP contribution in [-0.2, 0) is 9.53 Å². The molecule has 0 unspecified atom stereocenters. The van der Waals surface area contributed by atoms with Crippen LogP contribution in [0.4, 0.5) is 0 Å². The standard InChI is InChI=1S/C18H21NO2/c1-4-11-19(12-5-2)17-14(3)13-16(21-18(17)20)15-9-7-6-8-10-15/h4-10,13-14,17H,1-2,11-12H2,3H3/t14-,17+/m0/s1. The Morgan fingerprint density at radius 2 is 1.81 bits per heavy atom. The minimum atomic E-state index is -0.298. The van der Waals surface area contributed by atoms with Crippen LogP contribution in [0.15, 0.2) is 61.7 Å². The summed E-state index contributed by atoms with van der Waals surface area (Å²) in [5.41, 5.74) is 0.926. The summed E-state index contributed by atoms with van der Waals surface area (Å²) in [5.74, 6) is 0.496. The van der Waals surface area contributed by atoms with Crippen LogP contribution in [0, 0.1) is 5.92 Å². The van der Waals surface area contributed by atoms with Gasteiger partial charge in [-0.3, -0.25) is 4.90 Å². The Hall–Kier alpha value is -2.13. The third-order valence-electron chi connectivity index (χ3n) is 3.54. The minimum absolute atomic E-state index is 0.0707. The van der Waals surface area contributed by atoms with E-state index in [2.05, 4.69) is 13.2 Å². The molecular formula is C18H21NO2. The second kappa shape index (κ2) is 7.04. The summed E-state index contributed by atoms with van der Waals surface area (Å²) in [4.78, 5) is 14.4. The van der Waals surface area contributed by atoms with Crippen LogP contribution in [0.5, 0.6) is 0 Å². The fourth-order valence-corrected chi connectivity index (χ4v) is 2.62. The Bertz CT molecular complexity index is 538.